The van der Waals surface area contributed by atoms with Gasteiger partial charge in [0.1, 0.15) is 5.75 Å². The molecule has 1 aliphatic heterocycles. The second kappa shape index (κ2) is 8.54. The predicted octanol–water partition coefficient (Wildman–Crippen LogP) is 3.93. The van der Waals surface area contributed by atoms with Crippen LogP contribution in [0.3, 0.4) is 0 Å². The van der Waals surface area contributed by atoms with Crippen LogP contribution in [0.5, 0.6) is 23.3 Å². The van der Waals surface area contributed by atoms with E-state index in [4.69, 9.17) is 18.9 Å². The van der Waals surface area contributed by atoms with Gasteiger partial charge in [-0.2, -0.15) is 4.98 Å². The van der Waals surface area contributed by atoms with Crippen LogP contribution < -0.4 is 24.3 Å². The summed E-state index contributed by atoms with van der Waals surface area (Å²) >= 11 is 0. The summed E-state index contributed by atoms with van der Waals surface area (Å²) in [5.74, 6) is 2.40. The number of ether oxygens (including phenoxy) is 4. The summed E-state index contributed by atoms with van der Waals surface area (Å²) in [5.41, 5.74) is 2.73. The van der Waals surface area contributed by atoms with E-state index in [1.54, 1.807) is 48.2 Å². The number of hydrogen-bond acceptors (Lipinski definition) is 7. The topological polar surface area (TPSA) is 96.7 Å². The van der Waals surface area contributed by atoms with Gasteiger partial charge >= 0.3 is 6.01 Å². The van der Waals surface area contributed by atoms with Crippen LogP contribution in [0.15, 0.2) is 66.7 Å². The Hall–Kier alpha value is -4.53. The van der Waals surface area contributed by atoms with E-state index in [0.29, 0.717) is 34.3 Å². The van der Waals surface area contributed by atoms with Crippen molar-refractivity contribution in [2.75, 3.05) is 26.3 Å². The van der Waals surface area contributed by atoms with Crippen LogP contribution in [0.25, 0.3) is 17.1 Å². The third-order valence-corrected chi connectivity index (χ3v) is 5.12. The maximum Gasteiger partial charge on any atom is 0.336 e. The number of amides is 1. The average molecular weight is 444 g/mol. The van der Waals surface area contributed by atoms with Gasteiger partial charge in [-0.15, -0.1) is 5.10 Å². The molecule has 3 aromatic carbocycles. The fourth-order valence-electron chi connectivity index (χ4n) is 3.41. The molecule has 0 fully saturated rings. The van der Waals surface area contributed by atoms with E-state index < -0.39 is 0 Å². The van der Waals surface area contributed by atoms with Crippen molar-refractivity contribution in [3.8, 4) is 40.3 Å². The highest BCUT2D eigenvalue weighted by Gasteiger charge is 2.19. The molecule has 1 aromatic heterocycles. The van der Waals surface area contributed by atoms with E-state index in [0.717, 1.165) is 11.3 Å². The fraction of sp³-hybridized carbons (Fsp3) is 0.125. The summed E-state index contributed by atoms with van der Waals surface area (Å²) in [7, 11) is 3.10. The van der Waals surface area contributed by atoms with Crippen molar-refractivity contribution in [2.24, 2.45) is 0 Å². The van der Waals surface area contributed by atoms with Crippen molar-refractivity contribution in [1.29, 1.82) is 0 Å². The van der Waals surface area contributed by atoms with Gasteiger partial charge in [-0.3, -0.25) is 4.79 Å². The number of nitrogens with one attached hydrogen (secondary N) is 1. The molecule has 33 heavy (non-hydrogen) atoms. The molecule has 5 rings (SSSR count). The summed E-state index contributed by atoms with van der Waals surface area (Å²) in [6, 6.07) is 20.0. The standard InChI is InChI=1S/C24H20N4O5/c1-30-19-10-3-15(4-11-19)23(29)25-17-6-8-18(9-7-17)28-22(26-24(27-28)31-2)16-5-12-20-21(13-16)33-14-32-20/h3-13H,14H2,1-2H3,(H,25,29). The van der Waals surface area contributed by atoms with Crippen molar-refractivity contribution in [3.63, 3.8) is 0 Å². The zero-order chi connectivity index (χ0) is 22.8. The number of carbonyl (C=O) groups excluding carboxylic acids is 1. The molecule has 4 aromatic rings. The summed E-state index contributed by atoms with van der Waals surface area (Å²) in [5, 5.41) is 7.32. The Balaban J connectivity index is 1.40. The van der Waals surface area contributed by atoms with Gasteiger partial charge in [0, 0.05) is 16.8 Å². The van der Waals surface area contributed by atoms with E-state index in [9.17, 15) is 4.79 Å². The van der Waals surface area contributed by atoms with Gasteiger partial charge in [-0.05, 0) is 66.7 Å². The molecule has 9 nitrogen and oxygen atoms in total. The normalized spacial score (nSPS) is 11.8. The third-order valence-electron chi connectivity index (χ3n) is 5.12. The number of nitrogens with zero attached hydrogens (tertiary/aromatic N) is 3. The largest absolute Gasteiger partial charge is 0.497 e. The lowest BCUT2D eigenvalue weighted by Crippen LogP contribution is -2.11. The molecule has 0 aliphatic carbocycles. The van der Waals surface area contributed by atoms with Crippen molar-refractivity contribution >= 4 is 11.6 Å². The molecule has 0 saturated carbocycles. The molecule has 1 aliphatic rings. The number of aromatic nitrogens is 3. The minimum Gasteiger partial charge on any atom is -0.497 e. The molecule has 0 unspecified atom stereocenters. The molecule has 0 bridgehead atoms. The Morgan fingerprint density at radius 2 is 1.70 bits per heavy atom. The Bertz CT molecular complexity index is 1300. The number of carbonyl (C=O) groups is 1. The first-order chi connectivity index (χ1) is 16.1. The van der Waals surface area contributed by atoms with E-state index in [1.807, 2.05) is 30.3 Å². The summed E-state index contributed by atoms with van der Waals surface area (Å²) in [6.45, 7) is 0.193. The van der Waals surface area contributed by atoms with Gasteiger partial charge in [-0.1, -0.05) is 0 Å². The maximum atomic E-state index is 12.5. The van der Waals surface area contributed by atoms with Gasteiger partial charge in [0.05, 0.1) is 19.9 Å². The van der Waals surface area contributed by atoms with E-state index in [2.05, 4.69) is 15.4 Å². The van der Waals surface area contributed by atoms with Gasteiger partial charge in [0.25, 0.3) is 5.91 Å². The van der Waals surface area contributed by atoms with Crippen LogP contribution >= 0.6 is 0 Å². The Labute approximate surface area is 189 Å². The average Bonchev–Trinajstić information content (AvgIpc) is 3.51. The minimum absolute atomic E-state index is 0.193. The van der Waals surface area contributed by atoms with Gasteiger partial charge < -0.3 is 24.3 Å². The highest BCUT2D eigenvalue weighted by atomic mass is 16.7. The highest BCUT2D eigenvalue weighted by Crippen LogP contribution is 2.36. The zero-order valence-corrected chi connectivity index (χ0v) is 17.9. The van der Waals surface area contributed by atoms with Crippen molar-refractivity contribution < 1.29 is 23.7 Å². The summed E-state index contributed by atoms with van der Waals surface area (Å²) in [4.78, 5) is 17.0. The molecule has 1 amide bonds. The molecule has 0 atom stereocenters. The molecular weight excluding hydrogens is 424 g/mol. The molecule has 1 N–H and O–H groups in total. The molecule has 0 spiro atoms. The maximum absolute atomic E-state index is 12.5. The van der Waals surface area contributed by atoms with Crippen LogP contribution in [0.2, 0.25) is 0 Å². The summed E-state index contributed by atoms with van der Waals surface area (Å²) in [6.07, 6.45) is 0. The molecular formula is C24H20N4O5. The van der Waals surface area contributed by atoms with Gasteiger partial charge in [0.15, 0.2) is 17.3 Å². The van der Waals surface area contributed by atoms with E-state index >= 15 is 0 Å². The molecule has 0 saturated heterocycles. The monoisotopic (exact) mass is 444 g/mol. The van der Waals surface area contributed by atoms with Crippen molar-refractivity contribution in [2.45, 2.75) is 0 Å². The van der Waals surface area contributed by atoms with Crippen LogP contribution in [0, 0.1) is 0 Å². The Morgan fingerprint density at radius 1 is 0.939 bits per heavy atom. The molecule has 2 heterocycles. The molecule has 9 heteroatoms. The third kappa shape index (κ3) is 4.03. The van der Waals surface area contributed by atoms with Crippen molar-refractivity contribution in [1.82, 2.24) is 14.8 Å². The lowest BCUT2D eigenvalue weighted by atomic mass is 10.2. The smallest absolute Gasteiger partial charge is 0.336 e. The molecule has 166 valence electrons. The number of hydrogen-bond donors (Lipinski definition) is 1. The SMILES string of the molecule is COc1ccc(C(=O)Nc2ccc(-n3nc(OC)nc3-c3ccc4c(c3)OCO4)cc2)cc1. The number of anilines is 1. The number of benzene rings is 3. The number of fused-ring (bicyclic) bond motifs is 1. The quantitative estimate of drug-likeness (QED) is 0.481. The highest BCUT2D eigenvalue weighted by molar-refractivity contribution is 6.04. The van der Waals surface area contributed by atoms with Gasteiger partial charge in [0.2, 0.25) is 6.79 Å². The van der Waals surface area contributed by atoms with E-state index in [1.165, 1.54) is 7.11 Å². The number of rotatable bonds is 6. The fourth-order valence-corrected chi connectivity index (χ4v) is 3.41. The van der Waals surface area contributed by atoms with Crippen molar-refractivity contribution in [3.05, 3.63) is 72.3 Å². The second-order valence-electron chi connectivity index (χ2n) is 7.13. The molecule has 0 radical (unpaired) electrons. The Morgan fingerprint density at radius 3 is 2.42 bits per heavy atom. The van der Waals surface area contributed by atoms with Crippen LogP contribution in [0.4, 0.5) is 5.69 Å². The van der Waals surface area contributed by atoms with Gasteiger partial charge in [-0.25, -0.2) is 4.68 Å². The van der Waals surface area contributed by atoms with E-state index in [-0.39, 0.29) is 18.7 Å². The van der Waals surface area contributed by atoms with Crippen LogP contribution in [-0.2, 0) is 0 Å². The predicted molar refractivity (Wildman–Crippen MR) is 120 cm³/mol. The second-order valence-corrected chi connectivity index (χ2v) is 7.13. The number of methoxy groups -OCH3 is 2. The van der Waals surface area contributed by atoms with Crippen LogP contribution in [-0.4, -0.2) is 41.7 Å². The first-order valence-electron chi connectivity index (χ1n) is 10.1. The first-order valence-corrected chi connectivity index (χ1v) is 10.1. The lowest BCUT2D eigenvalue weighted by Gasteiger charge is -2.09. The Kier molecular flexibility index (Phi) is 5.27. The zero-order valence-electron chi connectivity index (χ0n) is 17.9. The lowest BCUT2D eigenvalue weighted by molar-refractivity contribution is 0.102. The minimum atomic E-state index is -0.214. The summed E-state index contributed by atoms with van der Waals surface area (Å²) < 4.78 is 22.9. The van der Waals surface area contributed by atoms with Crippen LogP contribution in [0.1, 0.15) is 10.4 Å². The first kappa shape index (κ1) is 20.4.